The lowest BCUT2D eigenvalue weighted by molar-refractivity contribution is -0.184. The maximum absolute atomic E-state index is 13.9. The van der Waals surface area contributed by atoms with Gasteiger partial charge in [-0.2, -0.15) is 13.2 Å². The first-order valence-corrected chi connectivity index (χ1v) is 13.7. The van der Waals surface area contributed by atoms with E-state index in [4.69, 9.17) is 5.73 Å². The zero-order valence-corrected chi connectivity index (χ0v) is 23.4. The Hall–Kier alpha value is -3.78. The predicted molar refractivity (Wildman–Crippen MR) is 147 cm³/mol. The number of primary amides is 1. The maximum Gasteiger partial charge on any atom is 0.401 e. The molecule has 0 aliphatic heterocycles. The highest BCUT2D eigenvalue weighted by atomic mass is 19.4. The molecule has 10 nitrogen and oxygen atoms in total. The largest absolute Gasteiger partial charge is 0.507 e. The molecule has 0 spiro atoms. The van der Waals surface area contributed by atoms with Gasteiger partial charge in [-0.1, -0.05) is 30.3 Å². The number of rotatable bonds is 6. The van der Waals surface area contributed by atoms with Gasteiger partial charge in [0.25, 0.3) is 0 Å². The molecule has 0 saturated heterocycles. The van der Waals surface area contributed by atoms with Gasteiger partial charge < -0.3 is 36.4 Å². The van der Waals surface area contributed by atoms with E-state index in [1.165, 1.54) is 11.0 Å². The second-order valence-electron chi connectivity index (χ2n) is 11.7. The lowest BCUT2D eigenvalue weighted by Gasteiger charge is -2.53. The molecule has 43 heavy (non-hydrogen) atoms. The van der Waals surface area contributed by atoms with Gasteiger partial charge in [0.1, 0.15) is 17.4 Å². The lowest BCUT2D eigenvalue weighted by Crippen LogP contribution is -2.73. The molecule has 2 fully saturated rings. The monoisotopic (exact) mass is 603 g/mol. The number of halogens is 3. The number of nitrogens with one attached hydrogen (secondary N) is 1. The molecule has 0 radical (unpaired) electrons. The third-order valence-electron chi connectivity index (χ3n) is 8.89. The Morgan fingerprint density at radius 1 is 1.12 bits per heavy atom. The van der Waals surface area contributed by atoms with Crippen LogP contribution in [0.5, 0.6) is 5.75 Å². The van der Waals surface area contributed by atoms with Crippen molar-refractivity contribution < 1.29 is 48.0 Å². The van der Waals surface area contributed by atoms with E-state index in [1.807, 2.05) is 0 Å². The van der Waals surface area contributed by atoms with Gasteiger partial charge in [0.05, 0.1) is 18.2 Å². The molecular formula is C30H32F3N3O7. The Kier molecular flexibility index (Phi) is 7.66. The topological polar surface area (TPSA) is 173 Å². The maximum atomic E-state index is 13.9. The van der Waals surface area contributed by atoms with E-state index in [0.717, 1.165) is 0 Å². The average Bonchev–Trinajstić information content (AvgIpc) is 2.90. The number of alkyl halides is 3. The van der Waals surface area contributed by atoms with Crippen LogP contribution in [0.25, 0.3) is 16.9 Å². The SMILES string of the molecule is CN(C)[C@H]1C(O)C(C(N)=O)C(=O)[C@]2(O)C(=O)C3=C(O)c4c(O)ccc(-c5ccc(CNCC(F)(F)F)cc5)c4C[C@@H]3C[C@H]12. The molecule has 1 amide bonds. The Bertz CT molecular complexity index is 1520. The predicted octanol–water partition coefficient (Wildman–Crippen LogP) is 1.45. The molecule has 3 aliphatic carbocycles. The molecule has 230 valence electrons. The first kappa shape index (κ1) is 30.7. The fraction of sp³-hybridized carbons (Fsp3) is 0.433. The van der Waals surface area contributed by atoms with E-state index in [2.05, 4.69) is 5.32 Å². The minimum absolute atomic E-state index is 0.0108. The van der Waals surface area contributed by atoms with Crippen LogP contribution in [0.3, 0.4) is 0 Å². The molecule has 7 N–H and O–H groups in total. The number of nitrogens with zero attached hydrogens (tertiary/aromatic N) is 1. The zero-order valence-electron chi connectivity index (χ0n) is 23.4. The molecule has 6 atom stereocenters. The van der Waals surface area contributed by atoms with Gasteiger partial charge >= 0.3 is 6.18 Å². The third kappa shape index (κ3) is 4.99. The lowest BCUT2D eigenvalue weighted by atomic mass is 9.54. The summed E-state index contributed by atoms with van der Waals surface area (Å²) < 4.78 is 37.4. The van der Waals surface area contributed by atoms with Crippen LogP contribution in [-0.4, -0.2) is 87.4 Å². The van der Waals surface area contributed by atoms with E-state index in [1.54, 1.807) is 44.4 Å². The Morgan fingerprint density at radius 2 is 1.77 bits per heavy atom. The Morgan fingerprint density at radius 3 is 2.35 bits per heavy atom. The molecule has 2 saturated carbocycles. The van der Waals surface area contributed by atoms with Crippen molar-refractivity contribution in [3.8, 4) is 16.9 Å². The van der Waals surface area contributed by atoms with E-state index in [0.29, 0.717) is 22.3 Å². The summed E-state index contributed by atoms with van der Waals surface area (Å²) in [7, 11) is 3.15. The number of hydrogen-bond donors (Lipinski definition) is 6. The highest BCUT2D eigenvalue weighted by molar-refractivity contribution is 6.25. The van der Waals surface area contributed by atoms with Crippen molar-refractivity contribution in [1.29, 1.82) is 0 Å². The summed E-state index contributed by atoms with van der Waals surface area (Å²) in [5.41, 5.74) is 4.69. The van der Waals surface area contributed by atoms with Gasteiger partial charge in [-0.15, -0.1) is 0 Å². The summed E-state index contributed by atoms with van der Waals surface area (Å²) >= 11 is 0. The van der Waals surface area contributed by atoms with Crippen LogP contribution >= 0.6 is 0 Å². The molecule has 0 heterocycles. The molecule has 2 unspecified atom stereocenters. The summed E-state index contributed by atoms with van der Waals surface area (Å²) in [6.07, 6.45) is -5.82. The first-order chi connectivity index (χ1) is 20.1. The first-order valence-electron chi connectivity index (χ1n) is 13.7. The second-order valence-corrected chi connectivity index (χ2v) is 11.7. The molecule has 2 aromatic rings. The second kappa shape index (κ2) is 10.7. The van der Waals surface area contributed by atoms with Crippen molar-refractivity contribution >= 4 is 23.2 Å². The number of ketones is 2. The molecule has 0 bridgehead atoms. The van der Waals surface area contributed by atoms with E-state index < -0.39 is 71.5 Å². The van der Waals surface area contributed by atoms with Crippen molar-refractivity contribution in [2.75, 3.05) is 20.6 Å². The fourth-order valence-electron chi connectivity index (χ4n) is 7.03. The van der Waals surface area contributed by atoms with Gasteiger partial charge in [0, 0.05) is 24.1 Å². The third-order valence-corrected chi connectivity index (χ3v) is 8.89. The quantitative estimate of drug-likeness (QED) is 0.267. The van der Waals surface area contributed by atoms with Crippen molar-refractivity contribution in [2.24, 2.45) is 23.5 Å². The van der Waals surface area contributed by atoms with Crippen LogP contribution < -0.4 is 11.1 Å². The number of aromatic hydroxyl groups is 1. The zero-order chi connectivity index (χ0) is 31.6. The van der Waals surface area contributed by atoms with Gasteiger partial charge in [-0.05, 0) is 61.2 Å². The Labute approximate surface area is 244 Å². The molecule has 3 aliphatic rings. The number of likely N-dealkylation sites (N-methyl/N-ethyl adjacent to an activating group) is 1. The van der Waals surface area contributed by atoms with Crippen LogP contribution in [0, 0.1) is 17.8 Å². The van der Waals surface area contributed by atoms with Crippen LogP contribution in [0.1, 0.15) is 23.1 Å². The molecule has 2 aromatic carbocycles. The van der Waals surface area contributed by atoms with Crippen LogP contribution in [0.4, 0.5) is 13.2 Å². The standard InChI is InChI=1S/C30H32F3N3O7/c1-36(2)23-18-10-15-9-17-16(14-5-3-13(4-6-14)11-35-12-29(31,32)33)7-8-19(37)21(17)24(38)20(15)26(40)30(18,43)27(41)22(25(23)39)28(34)42/h3-8,15,18,22-23,25,35,37-39,43H,9-12H2,1-2H3,(H2,34,42)/t15-,18-,22?,23-,25?,30-/m1/s1. The number of aliphatic hydroxyl groups is 3. The number of amides is 1. The van der Waals surface area contributed by atoms with E-state index in [9.17, 15) is 48.0 Å². The number of benzene rings is 2. The molecule has 5 rings (SSSR count). The van der Waals surface area contributed by atoms with Crippen LogP contribution in [0.15, 0.2) is 42.0 Å². The highest BCUT2D eigenvalue weighted by Crippen LogP contribution is 2.53. The number of Topliss-reactive ketones (excluding diaryl/α,β-unsaturated/α-hetero) is 2. The smallest absolute Gasteiger partial charge is 0.401 e. The van der Waals surface area contributed by atoms with Gasteiger partial charge in [0.15, 0.2) is 11.4 Å². The van der Waals surface area contributed by atoms with Crippen molar-refractivity contribution in [3.63, 3.8) is 0 Å². The number of carbonyl (C=O) groups is 3. The Balaban J connectivity index is 1.56. The number of hydrogen-bond acceptors (Lipinski definition) is 9. The minimum Gasteiger partial charge on any atom is -0.507 e. The van der Waals surface area contributed by atoms with Gasteiger partial charge in [-0.25, -0.2) is 0 Å². The number of phenolic OH excluding ortho intramolecular Hbond substituents is 1. The molecule has 0 aromatic heterocycles. The number of phenols is 1. The number of fused-ring (bicyclic) bond motifs is 3. The summed E-state index contributed by atoms with van der Waals surface area (Å²) in [6.45, 7) is -1.14. The summed E-state index contributed by atoms with van der Waals surface area (Å²) in [5, 5.41) is 47.2. The average molecular weight is 604 g/mol. The highest BCUT2D eigenvalue weighted by Gasteiger charge is 2.67. The number of aliphatic hydroxyl groups excluding tert-OH is 2. The normalized spacial score (nSPS) is 28.9. The van der Waals surface area contributed by atoms with Crippen LogP contribution in [0.2, 0.25) is 0 Å². The van der Waals surface area contributed by atoms with Crippen molar-refractivity contribution in [2.45, 2.75) is 43.3 Å². The minimum atomic E-state index is -4.34. The van der Waals surface area contributed by atoms with Gasteiger partial charge in [-0.3, -0.25) is 14.4 Å². The van der Waals surface area contributed by atoms with Gasteiger partial charge in [0.2, 0.25) is 11.7 Å². The van der Waals surface area contributed by atoms with Crippen molar-refractivity contribution in [3.05, 3.63) is 58.7 Å². The summed E-state index contributed by atoms with van der Waals surface area (Å²) in [6, 6.07) is 8.63. The fourth-order valence-corrected chi connectivity index (χ4v) is 7.03. The number of carbonyl (C=O) groups excluding carboxylic acids is 3. The molecule has 13 heteroatoms. The van der Waals surface area contributed by atoms with Crippen LogP contribution in [-0.2, 0) is 27.3 Å². The van der Waals surface area contributed by atoms with E-state index in [-0.39, 0.29) is 36.3 Å². The summed E-state index contributed by atoms with van der Waals surface area (Å²) in [4.78, 5) is 41.0. The van der Waals surface area contributed by atoms with Crippen molar-refractivity contribution in [1.82, 2.24) is 10.2 Å². The summed E-state index contributed by atoms with van der Waals surface area (Å²) in [5.74, 6) is -8.18. The van der Waals surface area contributed by atoms with E-state index >= 15 is 0 Å². The molecular weight excluding hydrogens is 571 g/mol. The number of nitrogens with two attached hydrogens (primary N) is 1.